The Morgan fingerprint density at radius 3 is 2.27 bits per heavy atom. The molecule has 0 unspecified atom stereocenters. The summed E-state index contributed by atoms with van der Waals surface area (Å²) >= 11 is 0. The summed E-state index contributed by atoms with van der Waals surface area (Å²) in [6, 6.07) is 26.8. The summed E-state index contributed by atoms with van der Waals surface area (Å²) in [4.78, 5) is 23.4. The molecular weight excluding hydrogens is 418 g/mol. The summed E-state index contributed by atoms with van der Waals surface area (Å²) in [5.74, 6) is 0.335. The molecule has 7 nitrogen and oxygen atoms in total. The maximum atomic E-state index is 12.3. The number of amides is 1. The van der Waals surface area contributed by atoms with E-state index in [2.05, 4.69) is 10.5 Å². The summed E-state index contributed by atoms with van der Waals surface area (Å²) in [6.45, 7) is 0.228. The molecule has 0 aliphatic heterocycles. The number of nitrogens with zero attached hydrogens (tertiary/aromatic N) is 1. The third-order valence-corrected chi connectivity index (χ3v) is 4.80. The number of hydrazone groups is 1. The average Bonchev–Trinajstić information content (AvgIpc) is 3.32. The molecule has 0 radical (unpaired) electrons. The molecule has 33 heavy (non-hydrogen) atoms. The topological polar surface area (TPSA) is 107 Å². The van der Waals surface area contributed by atoms with Crippen molar-refractivity contribution < 1.29 is 18.7 Å². The van der Waals surface area contributed by atoms with Gasteiger partial charge in [-0.25, -0.2) is 4.79 Å². The van der Waals surface area contributed by atoms with Crippen molar-refractivity contribution in [1.82, 2.24) is 0 Å². The number of furan rings is 1. The SMILES string of the molecule is NC(=O)c1ccc(NN=Cc2ccc(-c3ccc(C(=O)OCc4ccccc4)cc3)o2)cc1. The van der Waals surface area contributed by atoms with Gasteiger partial charge in [-0.3, -0.25) is 10.2 Å². The minimum absolute atomic E-state index is 0.228. The molecule has 164 valence electrons. The average molecular weight is 439 g/mol. The van der Waals surface area contributed by atoms with Crippen LogP contribution in [0.4, 0.5) is 5.69 Å². The van der Waals surface area contributed by atoms with E-state index in [4.69, 9.17) is 14.9 Å². The van der Waals surface area contributed by atoms with E-state index in [1.807, 2.05) is 36.4 Å². The van der Waals surface area contributed by atoms with Gasteiger partial charge in [0.05, 0.1) is 17.5 Å². The monoisotopic (exact) mass is 439 g/mol. The number of hydrogen-bond acceptors (Lipinski definition) is 6. The van der Waals surface area contributed by atoms with Crippen LogP contribution in [-0.2, 0) is 11.3 Å². The number of carbonyl (C=O) groups is 2. The van der Waals surface area contributed by atoms with Gasteiger partial charge in [0.1, 0.15) is 18.1 Å². The number of nitrogens with one attached hydrogen (secondary N) is 1. The number of anilines is 1. The Balaban J connectivity index is 1.33. The molecule has 1 aromatic heterocycles. The zero-order valence-electron chi connectivity index (χ0n) is 17.6. The lowest BCUT2D eigenvalue weighted by Crippen LogP contribution is -2.10. The van der Waals surface area contributed by atoms with E-state index in [-0.39, 0.29) is 12.6 Å². The molecule has 4 rings (SSSR count). The predicted molar refractivity (Wildman–Crippen MR) is 126 cm³/mol. The molecule has 0 saturated carbocycles. The second-order valence-corrected chi connectivity index (χ2v) is 7.15. The highest BCUT2D eigenvalue weighted by Crippen LogP contribution is 2.22. The molecule has 0 atom stereocenters. The van der Waals surface area contributed by atoms with E-state index in [1.54, 1.807) is 60.8 Å². The van der Waals surface area contributed by atoms with Crippen LogP contribution in [0.1, 0.15) is 32.0 Å². The normalized spacial score (nSPS) is 10.8. The fourth-order valence-electron chi connectivity index (χ4n) is 3.03. The van der Waals surface area contributed by atoms with Gasteiger partial charge in [0.15, 0.2) is 0 Å². The second kappa shape index (κ2) is 10.1. The van der Waals surface area contributed by atoms with E-state index >= 15 is 0 Å². The van der Waals surface area contributed by atoms with Gasteiger partial charge in [-0.05, 0) is 54.1 Å². The van der Waals surface area contributed by atoms with Crippen LogP contribution in [-0.4, -0.2) is 18.1 Å². The van der Waals surface area contributed by atoms with Crippen molar-refractivity contribution in [2.24, 2.45) is 10.8 Å². The van der Waals surface area contributed by atoms with E-state index in [9.17, 15) is 9.59 Å². The van der Waals surface area contributed by atoms with Crippen LogP contribution in [0.3, 0.4) is 0 Å². The van der Waals surface area contributed by atoms with Crippen LogP contribution in [0.25, 0.3) is 11.3 Å². The van der Waals surface area contributed by atoms with Crippen molar-refractivity contribution in [3.8, 4) is 11.3 Å². The number of primary amides is 1. The van der Waals surface area contributed by atoms with Gasteiger partial charge in [0, 0.05) is 11.1 Å². The lowest BCUT2D eigenvalue weighted by atomic mass is 10.1. The van der Waals surface area contributed by atoms with Crippen LogP contribution in [0.5, 0.6) is 0 Å². The molecule has 3 N–H and O–H groups in total. The highest BCUT2D eigenvalue weighted by atomic mass is 16.5. The van der Waals surface area contributed by atoms with E-state index in [0.29, 0.717) is 28.3 Å². The first-order valence-electron chi connectivity index (χ1n) is 10.2. The van der Waals surface area contributed by atoms with Gasteiger partial charge in [-0.15, -0.1) is 0 Å². The molecular formula is C26H21N3O4. The fourth-order valence-corrected chi connectivity index (χ4v) is 3.03. The van der Waals surface area contributed by atoms with Crippen molar-refractivity contribution in [2.45, 2.75) is 6.61 Å². The lowest BCUT2D eigenvalue weighted by Gasteiger charge is -2.05. The molecule has 0 aliphatic carbocycles. The Hall–Kier alpha value is -4.65. The molecule has 0 fully saturated rings. The van der Waals surface area contributed by atoms with Crippen molar-refractivity contribution in [1.29, 1.82) is 0 Å². The Labute approximate surface area is 190 Å². The Morgan fingerprint density at radius 2 is 1.58 bits per heavy atom. The standard InChI is InChI=1S/C26H21N3O4/c27-25(30)20-10-12-22(13-11-20)29-28-16-23-14-15-24(33-23)19-6-8-21(9-7-19)26(31)32-17-18-4-2-1-3-5-18/h1-16,29H,17H2,(H2,27,30). The molecule has 4 aromatic rings. The number of rotatable bonds is 8. The Bertz CT molecular complexity index is 1260. The van der Waals surface area contributed by atoms with E-state index in [0.717, 1.165) is 11.1 Å². The zero-order valence-corrected chi connectivity index (χ0v) is 17.6. The number of benzene rings is 3. The third kappa shape index (κ3) is 5.74. The predicted octanol–water partition coefficient (Wildman–Crippen LogP) is 4.85. The molecule has 1 heterocycles. The smallest absolute Gasteiger partial charge is 0.338 e. The van der Waals surface area contributed by atoms with Gasteiger partial charge in [-0.1, -0.05) is 42.5 Å². The first-order chi connectivity index (χ1) is 16.1. The molecule has 0 saturated heterocycles. The van der Waals surface area contributed by atoms with Gasteiger partial charge >= 0.3 is 5.97 Å². The van der Waals surface area contributed by atoms with Crippen LogP contribution >= 0.6 is 0 Å². The number of carbonyl (C=O) groups excluding carboxylic acids is 2. The Morgan fingerprint density at radius 1 is 0.879 bits per heavy atom. The fraction of sp³-hybridized carbons (Fsp3) is 0.0385. The summed E-state index contributed by atoms with van der Waals surface area (Å²) in [5, 5.41) is 4.13. The first kappa shape index (κ1) is 21.6. The summed E-state index contributed by atoms with van der Waals surface area (Å²) in [7, 11) is 0. The van der Waals surface area contributed by atoms with Crippen LogP contribution in [0.2, 0.25) is 0 Å². The highest BCUT2D eigenvalue weighted by molar-refractivity contribution is 5.93. The quantitative estimate of drug-likeness (QED) is 0.232. The van der Waals surface area contributed by atoms with Gasteiger partial charge < -0.3 is 14.9 Å². The van der Waals surface area contributed by atoms with Crippen LogP contribution in [0, 0.1) is 0 Å². The zero-order chi connectivity index (χ0) is 23.0. The van der Waals surface area contributed by atoms with Crippen molar-refractivity contribution in [3.05, 3.63) is 113 Å². The van der Waals surface area contributed by atoms with Crippen molar-refractivity contribution in [3.63, 3.8) is 0 Å². The third-order valence-electron chi connectivity index (χ3n) is 4.80. The van der Waals surface area contributed by atoms with E-state index in [1.165, 1.54) is 0 Å². The first-order valence-corrected chi connectivity index (χ1v) is 10.2. The highest BCUT2D eigenvalue weighted by Gasteiger charge is 2.09. The maximum absolute atomic E-state index is 12.3. The molecule has 3 aromatic carbocycles. The molecule has 0 aliphatic rings. The number of ether oxygens (including phenoxy) is 1. The summed E-state index contributed by atoms with van der Waals surface area (Å²) in [5.41, 5.74) is 11.4. The Kier molecular flexibility index (Phi) is 6.61. The maximum Gasteiger partial charge on any atom is 0.338 e. The lowest BCUT2D eigenvalue weighted by molar-refractivity contribution is 0.0472. The summed E-state index contributed by atoms with van der Waals surface area (Å²) < 4.78 is 11.2. The van der Waals surface area contributed by atoms with Crippen molar-refractivity contribution in [2.75, 3.05) is 5.43 Å². The molecule has 1 amide bonds. The molecule has 7 heteroatoms. The number of hydrogen-bond donors (Lipinski definition) is 2. The van der Waals surface area contributed by atoms with Crippen LogP contribution in [0.15, 0.2) is 101 Å². The van der Waals surface area contributed by atoms with Crippen molar-refractivity contribution >= 4 is 23.8 Å². The minimum Gasteiger partial charge on any atom is -0.457 e. The molecule has 0 bridgehead atoms. The summed E-state index contributed by atoms with van der Waals surface area (Å²) in [6.07, 6.45) is 1.54. The van der Waals surface area contributed by atoms with E-state index < -0.39 is 5.91 Å². The minimum atomic E-state index is -0.481. The van der Waals surface area contributed by atoms with Gasteiger partial charge in [-0.2, -0.15) is 5.10 Å². The van der Waals surface area contributed by atoms with Gasteiger partial charge in [0.2, 0.25) is 5.91 Å². The number of esters is 1. The van der Waals surface area contributed by atoms with Gasteiger partial charge in [0.25, 0.3) is 0 Å². The van der Waals surface area contributed by atoms with Crippen LogP contribution < -0.4 is 11.2 Å². The second-order valence-electron chi connectivity index (χ2n) is 7.15. The molecule has 0 spiro atoms. The number of nitrogens with two attached hydrogens (primary N) is 1. The largest absolute Gasteiger partial charge is 0.457 e.